The summed E-state index contributed by atoms with van der Waals surface area (Å²) in [6.07, 6.45) is 3.94. The van der Waals surface area contributed by atoms with E-state index in [0.29, 0.717) is 0 Å². The summed E-state index contributed by atoms with van der Waals surface area (Å²) in [5.41, 5.74) is 8.00. The third-order valence-electron chi connectivity index (χ3n) is 3.94. The van der Waals surface area contributed by atoms with Gasteiger partial charge in [0.05, 0.1) is 5.69 Å². The van der Waals surface area contributed by atoms with Gasteiger partial charge in [-0.3, -0.25) is 16.0 Å². The van der Waals surface area contributed by atoms with Crippen molar-refractivity contribution in [3.8, 4) is 0 Å². The monoisotopic (exact) mass is 286 g/mol. The van der Waals surface area contributed by atoms with E-state index < -0.39 is 0 Å². The second kappa shape index (κ2) is 7.38. The van der Waals surface area contributed by atoms with E-state index in [4.69, 9.17) is 5.84 Å². The minimum atomic E-state index is 0.269. The molecule has 0 spiro atoms. The predicted octanol–water partition coefficient (Wildman–Crippen LogP) is 2.30. The van der Waals surface area contributed by atoms with Crippen molar-refractivity contribution in [1.29, 1.82) is 0 Å². The lowest BCUT2D eigenvalue weighted by Crippen LogP contribution is -2.37. The average Bonchev–Trinajstić information content (AvgIpc) is 2.84. The van der Waals surface area contributed by atoms with Gasteiger partial charge < -0.3 is 0 Å². The van der Waals surface area contributed by atoms with Gasteiger partial charge in [-0.15, -0.1) is 0 Å². The molecule has 0 fully saturated rings. The first-order valence-electron chi connectivity index (χ1n) is 7.65. The molecule has 4 nitrogen and oxygen atoms in total. The fourth-order valence-corrected chi connectivity index (χ4v) is 2.64. The Bertz CT molecular complexity index is 574. The number of nitrogens with zero attached hydrogens (tertiary/aromatic N) is 2. The molecule has 3 N–H and O–H groups in total. The van der Waals surface area contributed by atoms with Crippen LogP contribution in [0, 0.1) is 6.92 Å². The van der Waals surface area contributed by atoms with Crippen LogP contribution in [0.15, 0.2) is 30.3 Å². The van der Waals surface area contributed by atoms with Crippen molar-refractivity contribution in [2.75, 3.05) is 0 Å². The Morgan fingerprint density at radius 2 is 2.14 bits per heavy atom. The van der Waals surface area contributed by atoms with Crippen molar-refractivity contribution in [2.24, 2.45) is 12.9 Å². The fraction of sp³-hybridized carbons (Fsp3) is 0.471. The Morgan fingerprint density at radius 1 is 1.33 bits per heavy atom. The molecule has 21 heavy (non-hydrogen) atoms. The van der Waals surface area contributed by atoms with Crippen LogP contribution < -0.4 is 11.3 Å². The molecule has 0 radical (unpaired) electrons. The minimum absolute atomic E-state index is 0.269. The maximum atomic E-state index is 5.72. The van der Waals surface area contributed by atoms with Crippen molar-refractivity contribution in [3.05, 3.63) is 52.8 Å². The third-order valence-corrected chi connectivity index (χ3v) is 3.94. The van der Waals surface area contributed by atoms with Crippen LogP contribution in [0.5, 0.6) is 0 Å². The molecule has 114 valence electrons. The number of aryl methyl sites for hydroxylation is 4. The highest BCUT2D eigenvalue weighted by molar-refractivity contribution is 5.22. The molecule has 0 saturated carbocycles. The first-order chi connectivity index (χ1) is 10.1. The molecule has 1 unspecified atom stereocenters. The SMILES string of the molecule is CCc1cc(CC(CCc2cccc(C)c2)NN)n(C)n1. The first kappa shape index (κ1) is 15.7. The van der Waals surface area contributed by atoms with E-state index in [-0.39, 0.29) is 6.04 Å². The molecule has 0 amide bonds. The van der Waals surface area contributed by atoms with Gasteiger partial charge in [-0.2, -0.15) is 5.10 Å². The van der Waals surface area contributed by atoms with Crippen LogP contribution in [0.4, 0.5) is 0 Å². The Kier molecular flexibility index (Phi) is 5.53. The van der Waals surface area contributed by atoms with E-state index in [2.05, 4.69) is 54.7 Å². The van der Waals surface area contributed by atoms with Crippen molar-refractivity contribution in [2.45, 2.75) is 45.6 Å². The van der Waals surface area contributed by atoms with Crippen LogP contribution in [-0.4, -0.2) is 15.8 Å². The van der Waals surface area contributed by atoms with E-state index in [1.54, 1.807) is 0 Å². The number of hydrogen-bond donors (Lipinski definition) is 2. The maximum absolute atomic E-state index is 5.72. The lowest BCUT2D eigenvalue weighted by atomic mass is 10.0. The number of hydrogen-bond acceptors (Lipinski definition) is 3. The highest BCUT2D eigenvalue weighted by atomic mass is 15.3. The Balaban J connectivity index is 1.95. The second-order valence-corrected chi connectivity index (χ2v) is 5.70. The Labute approximate surface area is 127 Å². The van der Waals surface area contributed by atoms with E-state index in [1.807, 2.05) is 11.7 Å². The van der Waals surface area contributed by atoms with E-state index >= 15 is 0 Å². The summed E-state index contributed by atoms with van der Waals surface area (Å²) in [5.74, 6) is 5.72. The highest BCUT2D eigenvalue weighted by Gasteiger charge is 2.12. The molecule has 1 heterocycles. The van der Waals surface area contributed by atoms with Gasteiger partial charge in [0.15, 0.2) is 0 Å². The molecule has 0 bridgehead atoms. The minimum Gasteiger partial charge on any atom is -0.272 e. The quantitative estimate of drug-likeness (QED) is 0.606. The molecule has 0 aliphatic heterocycles. The zero-order valence-electron chi connectivity index (χ0n) is 13.3. The smallest absolute Gasteiger partial charge is 0.0624 e. The number of rotatable bonds is 7. The zero-order valence-corrected chi connectivity index (χ0v) is 13.3. The summed E-state index contributed by atoms with van der Waals surface area (Å²) < 4.78 is 1.97. The standard InChI is InChI=1S/C17H26N4/c1-4-15-11-17(21(3)20-15)12-16(19-18)9-8-14-7-5-6-13(2)10-14/h5-7,10-11,16,19H,4,8-9,12,18H2,1-3H3. The summed E-state index contributed by atoms with van der Waals surface area (Å²) in [4.78, 5) is 0. The van der Waals surface area contributed by atoms with E-state index in [0.717, 1.165) is 31.4 Å². The summed E-state index contributed by atoms with van der Waals surface area (Å²) in [7, 11) is 2.00. The maximum Gasteiger partial charge on any atom is 0.0624 e. The topological polar surface area (TPSA) is 55.9 Å². The van der Waals surface area contributed by atoms with Crippen molar-refractivity contribution in [1.82, 2.24) is 15.2 Å². The molecule has 1 aromatic carbocycles. The van der Waals surface area contributed by atoms with Gasteiger partial charge in [0, 0.05) is 25.2 Å². The molecule has 0 aliphatic carbocycles. The normalized spacial score (nSPS) is 12.6. The van der Waals surface area contributed by atoms with E-state index in [9.17, 15) is 0 Å². The first-order valence-corrected chi connectivity index (χ1v) is 7.65. The van der Waals surface area contributed by atoms with Crippen LogP contribution in [0.25, 0.3) is 0 Å². The van der Waals surface area contributed by atoms with Crippen molar-refractivity contribution < 1.29 is 0 Å². The molecule has 0 aliphatic rings. The van der Waals surface area contributed by atoms with Gasteiger partial charge in [-0.05, 0) is 37.8 Å². The zero-order chi connectivity index (χ0) is 15.2. The summed E-state index contributed by atoms with van der Waals surface area (Å²) in [5, 5.41) is 4.49. The van der Waals surface area contributed by atoms with Gasteiger partial charge in [0.2, 0.25) is 0 Å². The van der Waals surface area contributed by atoms with Gasteiger partial charge >= 0.3 is 0 Å². The molecular formula is C17H26N4. The van der Waals surface area contributed by atoms with Gasteiger partial charge in [0.1, 0.15) is 0 Å². The number of benzene rings is 1. The molecule has 2 aromatic rings. The summed E-state index contributed by atoms with van der Waals surface area (Å²) in [6.45, 7) is 4.26. The average molecular weight is 286 g/mol. The fourth-order valence-electron chi connectivity index (χ4n) is 2.64. The number of nitrogens with two attached hydrogens (primary N) is 1. The summed E-state index contributed by atoms with van der Waals surface area (Å²) in [6, 6.07) is 11.1. The number of nitrogens with one attached hydrogen (secondary N) is 1. The largest absolute Gasteiger partial charge is 0.272 e. The van der Waals surface area contributed by atoms with Crippen molar-refractivity contribution >= 4 is 0 Å². The second-order valence-electron chi connectivity index (χ2n) is 5.70. The van der Waals surface area contributed by atoms with Crippen LogP contribution in [0.1, 0.15) is 35.9 Å². The molecule has 1 atom stereocenters. The molecular weight excluding hydrogens is 260 g/mol. The number of hydrazine groups is 1. The van der Waals surface area contributed by atoms with Gasteiger partial charge in [0.25, 0.3) is 0 Å². The van der Waals surface area contributed by atoms with Crippen molar-refractivity contribution in [3.63, 3.8) is 0 Å². The lowest BCUT2D eigenvalue weighted by molar-refractivity contribution is 0.477. The molecule has 0 saturated heterocycles. The third kappa shape index (κ3) is 4.41. The van der Waals surface area contributed by atoms with Gasteiger partial charge in [-0.25, -0.2) is 0 Å². The van der Waals surface area contributed by atoms with Crippen LogP contribution in [0.2, 0.25) is 0 Å². The number of aromatic nitrogens is 2. The van der Waals surface area contributed by atoms with Crippen LogP contribution >= 0.6 is 0 Å². The Hall–Kier alpha value is -1.65. The molecule has 4 heteroatoms. The summed E-state index contributed by atoms with van der Waals surface area (Å²) >= 11 is 0. The Morgan fingerprint density at radius 3 is 2.76 bits per heavy atom. The highest BCUT2D eigenvalue weighted by Crippen LogP contribution is 2.12. The van der Waals surface area contributed by atoms with Crippen LogP contribution in [0.3, 0.4) is 0 Å². The van der Waals surface area contributed by atoms with E-state index in [1.165, 1.54) is 16.8 Å². The molecule has 2 rings (SSSR count). The lowest BCUT2D eigenvalue weighted by Gasteiger charge is -2.16. The molecule has 1 aromatic heterocycles. The predicted molar refractivity (Wildman–Crippen MR) is 86.9 cm³/mol. The van der Waals surface area contributed by atoms with Gasteiger partial charge in [-0.1, -0.05) is 36.8 Å². The van der Waals surface area contributed by atoms with Crippen LogP contribution in [-0.2, 0) is 26.3 Å².